The number of thioether (sulfide) groups is 1. The second kappa shape index (κ2) is 10.2. The van der Waals surface area contributed by atoms with Crippen LogP contribution in [0.25, 0.3) is 0 Å². The van der Waals surface area contributed by atoms with Crippen LogP contribution in [-0.2, 0) is 16.1 Å². The van der Waals surface area contributed by atoms with Crippen molar-refractivity contribution < 1.29 is 14.4 Å². The lowest BCUT2D eigenvalue weighted by atomic mass is 10.1. The molecule has 0 aliphatic carbocycles. The summed E-state index contributed by atoms with van der Waals surface area (Å²) in [4.78, 5) is 37.8. The highest BCUT2D eigenvalue weighted by Crippen LogP contribution is 2.21. The number of benzene rings is 2. The van der Waals surface area contributed by atoms with Crippen molar-refractivity contribution >= 4 is 46.5 Å². The third-order valence-electron chi connectivity index (χ3n) is 4.60. The molecule has 0 atom stereocenters. The first-order valence-electron chi connectivity index (χ1n) is 9.81. The third-order valence-corrected chi connectivity index (χ3v) is 5.54. The summed E-state index contributed by atoms with van der Waals surface area (Å²) < 4.78 is 0. The number of amides is 3. The molecule has 1 heterocycles. The van der Waals surface area contributed by atoms with E-state index in [1.807, 2.05) is 23.9 Å². The molecule has 2 aromatic rings. The first kappa shape index (κ1) is 21.7. The van der Waals surface area contributed by atoms with Crippen LogP contribution in [0.2, 0.25) is 0 Å². The van der Waals surface area contributed by atoms with Crippen LogP contribution in [0.15, 0.2) is 42.5 Å². The molecule has 30 heavy (non-hydrogen) atoms. The van der Waals surface area contributed by atoms with Gasteiger partial charge in [-0.2, -0.15) is 11.8 Å². The number of anilines is 3. The van der Waals surface area contributed by atoms with Gasteiger partial charge in [0.05, 0.1) is 0 Å². The Balaban J connectivity index is 1.66. The Hall–Kier alpha value is -3.00. The fourth-order valence-electron chi connectivity index (χ4n) is 3.24. The van der Waals surface area contributed by atoms with E-state index in [1.54, 1.807) is 18.2 Å². The molecule has 2 aromatic carbocycles. The maximum atomic E-state index is 12.7. The van der Waals surface area contributed by atoms with E-state index in [0.717, 1.165) is 30.2 Å². The van der Waals surface area contributed by atoms with Crippen LogP contribution in [0.4, 0.5) is 17.1 Å². The summed E-state index contributed by atoms with van der Waals surface area (Å²) >= 11 is 1.98. The zero-order valence-electron chi connectivity index (χ0n) is 17.2. The fourth-order valence-corrected chi connectivity index (χ4v) is 4.14. The Morgan fingerprint density at radius 2 is 1.47 bits per heavy atom. The Morgan fingerprint density at radius 1 is 0.900 bits per heavy atom. The van der Waals surface area contributed by atoms with Gasteiger partial charge >= 0.3 is 0 Å². The Labute approximate surface area is 180 Å². The predicted molar refractivity (Wildman–Crippen MR) is 122 cm³/mol. The summed E-state index contributed by atoms with van der Waals surface area (Å²) in [6, 6.07) is 13.0. The van der Waals surface area contributed by atoms with Crippen LogP contribution in [0, 0.1) is 0 Å². The molecule has 3 N–H and O–H groups in total. The second-order valence-electron chi connectivity index (χ2n) is 7.11. The molecule has 0 aromatic heterocycles. The third kappa shape index (κ3) is 6.25. The van der Waals surface area contributed by atoms with Crippen molar-refractivity contribution in [2.24, 2.45) is 0 Å². The first-order valence-corrected chi connectivity index (χ1v) is 11.0. The van der Waals surface area contributed by atoms with Crippen LogP contribution < -0.4 is 20.9 Å². The highest BCUT2D eigenvalue weighted by atomic mass is 32.2. The maximum absolute atomic E-state index is 12.7. The lowest BCUT2D eigenvalue weighted by molar-refractivity contribution is -0.115. The van der Waals surface area contributed by atoms with E-state index in [-0.39, 0.29) is 17.7 Å². The molecule has 0 radical (unpaired) electrons. The summed E-state index contributed by atoms with van der Waals surface area (Å²) in [7, 11) is 0. The first-order chi connectivity index (χ1) is 14.4. The topological polar surface area (TPSA) is 90.5 Å². The lowest BCUT2D eigenvalue weighted by Gasteiger charge is -2.28. The van der Waals surface area contributed by atoms with Crippen molar-refractivity contribution in [2.45, 2.75) is 20.4 Å². The Morgan fingerprint density at radius 3 is 2.00 bits per heavy atom. The number of carbonyl (C=O) groups excluding carboxylic acids is 3. The fraction of sp³-hybridized carbons (Fsp3) is 0.318. The minimum absolute atomic E-state index is 0.256. The van der Waals surface area contributed by atoms with Gasteiger partial charge in [0, 0.05) is 67.6 Å². The van der Waals surface area contributed by atoms with Crippen molar-refractivity contribution in [1.82, 2.24) is 5.32 Å². The van der Waals surface area contributed by atoms with Gasteiger partial charge in [-0.1, -0.05) is 12.1 Å². The van der Waals surface area contributed by atoms with Crippen LogP contribution in [0.5, 0.6) is 0 Å². The van der Waals surface area contributed by atoms with Crippen molar-refractivity contribution in [2.75, 3.05) is 40.1 Å². The standard InChI is InChI=1S/C22H26N4O3S/c1-15(27)24-19-11-18(12-20(13-19)25-16(2)28)22(29)23-14-17-3-5-21(6-4-17)26-7-9-30-10-8-26/h3-6,11-13H,7-10,14H2,1-2H3,(H,23,29)(H,24,27)(H,25,28). The van der Waals surface area contributed by atoms with E-state index < -0.39 is 0 Å². The normalized spacial score (nSPS) is 13.5. The predicted octanol–water partition coefficient (Wildman–Crippen LogP) is 3.09. The van der Waals surface area contributed by atoms with E-state index in [1.165, 1.54) is 19.5 Å². The van der Waals surface area contributed by atoms with Crippen molar-refractivity contribution in [3.63, 3.8) is 0 Å². The Kier molecular flexibility index (Phi) is 7.35. The van der Waals surface area contributed by atoms with Crippen molar-refractivity contribution in [3.8, 4) is 0 Å². The van der Waals surface area contributed by atoms with Gasteiger partial charge in [-0.3, -0.25) is 14.4 Å². The quantitative estimate of drug-likeness (QED) is 0.660. The summed E-state index contributed by atoms with van der Waals surface area (Å²) in [5.74, 6) is 1.50. The van der Waals surface area contributed by atoms with Crippen LogP contribution >= 0.6 is 11.8 Å². The van der Waals surface area contributed by atoms with Crippen LogP contribution in [0.3, 0.4) is 0 Å². The molecular weight excluding hydrogens is 400 g/mol. The summed E-state index contributed by atoms with van der Waals surface area (Å²) in [5.41, 5.74) is 3.45. The number of hydrogen-bond acceptors (Lipinski definition) is 5. The van der Waals surface area contributed by atoms with Crippen LogP contribution in [0.1, 0.15) is 29.8 Å². The average Bonchev–Trinajstić information content (AvgIpc) is 2.72. The molecule has 3 amide bonds. The molecule has 1 aliphatic rings. The van der Waals surface area contributed by atoms with Crippen molar-refractivity contribution in [1.29, 1.82) is 0 Å². The number of nitrogens with zero attached hydrogens (tertiary/aromatic N) is 1. The molecule has 0 spiro atoms. The molecule has 0 saturated carbocycles. The molecule has 1 aliphatic heterocycles. The SMILES string of the molecule is CC(=O)Nc1cc(NC(C)=O)cc(C(=O)NCc2ccc(N3CCSCC3)cc2)c1. The molecule has 0 unspecified atom stereocenters. The van der Waals surface area contributed by atoms with Gasteiger partial charge in [-0.05, 0) is 35.9 Å². The van der Waals surface area contributed by atoms with E-state index in [2.05, 4.69) is 33.0 Å². The molecule has 158 valence electrons. The molecule has 0 bridgehead atoms. The lowest BCUT2D eigenvalue weighted by Crippen LogP contribution is -2.32. The molecule has 7 nitrogen and oxygen atoms in total. The van der Waals surface area contributed by atoms with Gasteiger partial charge in [0.25, 0.3) is 5.91 Å². The van der Waals surface area contributed by atoms with E-state index in [4.69, 9.17) is 0 Å². The number of nitrogens with one attached hydrogen (secondary N) is 3. The van der Waals surface area contributed by atoms with E-state index in [9.17, 15) is 14.4 Å². The van der Waals surface area contributed by atoms with Gasteiger partial charge < -0.3 is 20.9 Å². The molecule has 3 rings (SSSR count). The van der Waals surface area contributed by atoms with E-state index in [0.29, 0.717) is 23.5 Å². The molecular formula is C22H26N4O3S. The van der Waals surface area contributed by atoms with E-state index >= 15 is 0 Å². The van der Waals surface area contributed by atoms with Crippen LogP contribution in [-0.4, -0.2) is 42.3 Å². The van der Waals surface area contributed by atoms with Gasteiger partial charge in [0.1, 0.15) is 0 Å². The van der Waals surface area contributed by atoms with Gasteiger partial charge in [0.15, 0.2) is 0 Å². The maximum Gasteiger partial charge on any atom is 0.251 e. The Bertz CT molecular complexity index is 890. The second-order valence-corrected chi connectivity index (χ2v) is 8.33. The van der Waals surface area contributed by atoms with Gasteiger partial charge in [-0.15, -0.1) is 0 Å². The largest absolute Gasteiger partial charge is 0.370 e. The number of rotatable bonds is 6. The molecule has 1 fully saturated rings. The zero-order chi connectivity index (χ0) is 21.5. The van der Waals surface area contributed by atoms with Gasteiger partial charge in [0.2, 0.25) is 11.8 Å². The summed E-state index contributed by atoms with van der Waals surface area (Å²) in [6.07, 6.45) is 0. The molecule has 1 saturated heterocycles. The zero-order valence-corrected chi connectivity index (χ0v) is 18.0. The summed E-state index contributed by atoms with van der Waals surface area (Å²) in [6.45, 7) is 5.27. The highest BCUT2D eigenvalue weighted by molar-refractivity contribution is 7.99. The van der Waals surface area contributed by atoms with Crippen molar-refractivity contribution in [3.05, 3.63) is 53.6 Å². The highest BCUT2D eigenvalue weighted by Gasteiger charge is 2.12. The van der Waals surface area contributed by atoms with Gasteiger partial charge in [-0.25, -0.2) is 0 Å². The minimum Gasteiger partial charge on any atom is -0.370 e. The number of hydrogen-bond donors (Lipinski definition) is 3. The number of carbonyl (C=O) groups is 3. The minimum atomic E-state index is -0.286. The molecule has 8 heteroatoms. The monoisotopic (exact) mass is 426 g/mol. The smallest absolute Gasteiger partial charge is 0.251 e. The summed E-state index contributed by atoms with van der Waals surface area (Å²) in [5, 5.41) is 8.19. The average molecular weight is 427 g/mol.